The first-order valence-electron chi connectivity index (χ1n) is 8.89. The minimum atomic E-state index is -1.06. The summed E-state index contributed by atoms with van der Waals surface area (Å²) in [7, 11) is 0. The van der Waals surface area contributed by atoms with Crippen LogP contribution in [0.5, 0.6) is 0 Å². The molecule has 144 valence electrons. The molecule has 1 amide bonds. The van der Waals surface area contributed by atoms with Gasteiger partial charge in [0.1, 0.15) is 11.8 Å². The first-order valence-corrected chi connectivity index (χ1v) is 9.68. The molecule has 5 nitrogen and oxygen atoms in total. The van der Waals surface area contributed by atoms with Crippen LogP contribution in [0.25, 0.3) is 0 Å². The predicted molar refractivity (Wildman–Crippen MR) is 105 cm³/mol. The lowest BCUT2D eigenvalue weighted by atomic mass is 9.89. The third-order valence-electron chi connectivity index (χ3n) is 4.15. The van der Waals surface area contributed by atoms with Gasteiger partial charge in [-0.2, -0.15) is 0 Å². The molecule has 0 saturated carbocycles. The molecular formula is C20H28BrNO4. The van der Waals surface area contributed by atoms with E-state index >= 15 is 0 Å². The van der Waals surface area contributed by atoms with Crippen molar-refractivity contribution < 1.29 is 19.5 Å². The number of benzene rings is 1. The van der Waals surface area contributed by atoms with E-state index in [1.165, 1.54) is 0 Å². The van der Waals surface area contributed by atoms with Gasteiger partial charge in [0.25, 0.3) is 0 Å². The largest absolute Gasteiger partial charge is 0.480 e. The zero-order valence-corrected chi connectivity index (χ0v) is 17.4. The quantitative estimate of drug-likeness (QED) is 0.596. The summed E-state index contributed by atoms with van der Waals surface area (Å²) >= 11 is 3.36. The standard InChI is InChI=1S/C20H28BrNO4/c1-12(2)9-15(19(24)22-18(13(3)4)20(25)26)11-17(23)10-14-5-7-16(21)8-6-14/h5-8,12-13,15,18H,9-11H2,1-4H3,(H,22,24)(H,25,26)/t15-,18+/m1/s1. The highest BCUT2D eigenvalue weighted by atomic mass is 79.9. The monoisotopic (exact) mass is 425 g/mol. The topological polar surface area (TPSA) is 83.5 Å². The van der Waals surface area contributed by atoms with E-state index in [4.69, 9.17) is 0 Å². The minimum absolute atomic E-state index is 0.0236. The third-order valence-corrected chi connectivity index (χ3v) is 4.67. The molecule has 1 aromatic rings. The number of ketones is 1. The highest BCUT2D eigenvalue weighted by molar-refractivity contribution is 9.10. The van der Waals surface area contributed by atoms with Crippen molar-refractivity contribution in [1.82, 2.24) is 5.32 Å². The second-order valence-electron chi connectivity index (χ2n) is 7.44. The van der Waals surface area contributed by atoms with Crippen molar-refractivity contribution in [2.45, 2.75) is 53.0 Å². The Morgan fingerprint density at radius 1 is 1.08 bits per heavy atom. The maximum Gasteiger partial charge on any atom is 0.326 e. The van der Waals surface area contributed by atoms with Crippen molar-refractivity contribution in [1.29, 1.82) is 0 Å². The van der Waals surface area contributed by atoms with Crippen molar-refractivity contribution in [3.8, 4) is 0 Å². The number of carboxylic acid groups (broad SMARTS) is 1. The van der Waals surface area contributed by atoms with E-state index < -0.39 is 17.9 Å². The number of rotatable bonds is 10. The lowest BCUT2D eigenvalue weighted by Gasteiger charge is -2.23. The molecule has 0 bridgehead atoms. The van der Waals surface area contributed by atoms with Gasteiger partial charge in [-0.3, -0.25) is 9.59 Å². The maximum atomic E-state index is 12.6. The second kappa shape index (κ2) is 10.5. The first kappa shape index (κ1) is 22.4. The molecule has 0 aliphatic rings. The van der Waals surface area contributed by atoms with Crippen molar-refractivity contribution in [2.24, 2.45) is 17.8 Å². The van der Waals surface area contributed by atoms with Gasteiger partial charge in [0.15, 0.2) is 0 Å². The summed E-state index contributed by atoms with van der Waals surface area (Å²) in [6, 6.07) is 6.55. The number of Topliss-reactive ketones (excluding diaryl/α,β-unsaturated/α-hetero) is 1. The van der Waals surface area contributed by atoms with E-state index in [1.54, 1.807) is 13.8 Å². The zero-order valence-electron chi connectivity index (χ0n) is 15.8. The van der Waals surface area contributed by atoms with Crippen molar-refractivity contribution in [3.63, 3.8) is 0 Å². The van der Waals surface area contributed by atoms with Crippen molar-refractivity contribution >= 4 is 33.6 Å². The summed E-state index contributed by atoms with van der Waals surface area (Å²) in [6.45, 7) is 7.46. The van der Waals surface area contributed by atoms with Crippen molar-refractivity contribution in [2.75, 3.05) is 0 Å². The number of hydrogen-bond donors (Lipinski definition) is 2. The summed E-state index contributed by atoms with van der Waals surface area (Å²) in [6.07, 6.45) is 0.925. The van der Waals surface area contributed by atoms with Crippen molar-refractivity contribution in [3.05, 3.63) is 34.3 Å². The van der Waals surface area contributed by atoms with Gasteiger partial charge >= 0.3 is 5.97 Å². The molecular weight excluding hydrogens is 398 g/mol. The van der Waals surface area contributed by atoms with Crippen LogP contribution >= 0.6 is 15.9 Å². The Hall–Kier alpha value is -1.69. The number of hydrogen-bond acceptors (Lipinski definition) is 3. The highest BCUT2D eigenvalue weighted by Crippen LogP contribution is 2.19. The Kier molecular flexibility index (Phi) is 8.99. The van der Waals surface area contributed by atoms with Gasteiger partial charge in [-0.25, -0.2) is 4.79 Å². The summed E-state index contributed by atoms with van der Waals surface area (Å²) in [5, 5.41) is 11.9. The average molecular weight is 426 g/mol. The lowest BCUT2D eigenvalue weighted by Crippen LogP contribution is -2.47. The molecule has 0 unspecified atom stereocenters. The maximum absolute atomic E-state index is 12.6. The average Bonchev–Trinajstić information content (AvgIpc) is 2.52. The summed E-state index contributed by atoms with van der Waals surface area (Å²) in [5.41, 5.74) is 0.896. The lowest BCUT2D eigenvalue weighted by molar-refractivity contribution is -0.144. The first-order chi connectivity index (χ1) is 12.1. The number of amides is 1. The van der Waals surface area contributed by atoms with Gasteiger partial charge in [-0.15, -0.1) is 0 Å². The molecule has 2 atom stereocenters. The van der Waals surface area contributed by atoms with Crippen LogP contribution < -0.4 is 5.32 Å². The van der Waals surface area contributed by atoms with Gasteiger partial charge in [0.05, 0.1) is 0 Å². The van der Waals surface area contributed by atoms with Crippen LogP contribution in [0.2, 0.25) is 0 Å². The summed E-state index contributed by atoms with van der Waals surface area (Å²) < 4.78 is 0.944. The number of carbonyl (C=O) groups is 3. The number of nitrogens with one attached hydrogen (secondary N) is 1. The van der Waals surface area contributed by atoms with Crippen LogP contribution in [0.4, 0.5) is 0 Å². The normalized spacial score (nSPS) is 13.5. The van der Waals surface area contributed by atoms with Crippen LogP contribution in [0.3, 0.4) is 0 Å². The fourth-order valence-corrected chi connectivity index (χ4v) is 3.08. The van der Waals surface area contributed by atoms with Gasteiger partial charge in [0, 0.05) is 23.2 Å². The van der Waals surface area contributed by atoms with E-state index in [2.05, 4.69) is 21.2 Å². The molecule has 0 aliphatic carbocycles. The number of aliphatic carboxylic acids is 1. The van der Waals surface area contributed by atoms with Gasteiger partial charge in [-0.1, -0.05) is 55.8 Å². The molecule has 0 aromatic heterocycles. The molecule has 6 heteroatoms. The smallest absolute Gasteiger partial charge is 0.326 e. The summed E-state index contributed by atoms with van der Waals surface area (Å²) in [5.74, 6) is -1.95. The SMILES string of the molecule is CC(C)C[C@H](CC(=O)Cc1ccc(Br)cc1)C(=O)N[C@H](C(=O)O)C(C)C. The summed E-state index contributed by atoms with van der Waals surface area (Å²) in [4.78, 5) is 36.4. The molecule has 26 heavy (non-hydrogen) atoms. The van der Waals surface area contributed by atoms with Crippen LogP contribution in [0.15, 0.2) is 28.7 Å². The molecule has 0 aliphatic heterocycles. The number of halogens is 1. The van der Waals surface area contributed by atoms with E-state index in [0.717, 1.165) is 10.0 Å². The fraction of sp³-hybridized carbons (Fsp3) is 0.550. The number of carbonyl (C=O) groups excluding carboxylic acids is 2. The highest BCUT2D eigenvalue weighted by Gasteiger charge is 2.29. The Labute approximate surface area is 163 Å². The van der Waals surface area contributed by atoms with E-state index in [0.29, 0.717) is 6.42 Å². The fourth-order valence-electron chi connectivity index (χ4n) is 2.81. The van der Waals surface area contributed by atoms with E-state index in [1.807, 2.05) is 38.1 Å². The minimum Gasteiger partial charge on any atom is -0.480 e. The third kappa shape index (κ3) is 7.68. The van der Waals surface area contributed by atoms with Crippen LogP contribution in [-0.4, -0.2) is 28.8 Å². The van der Waals surface area contributed by atoms with Gasteiger partial charge in [-0.05, 0) is 36.0 Å². The van der Waals surface area contributed by atoms with Gasteiger partial charge < -0.3 is 10.4 Å². The van der Waals surface area contributed by atoms with Crippen LogP contribution in [0.1, 0.15) is 46.1 Å². The van der Waals surface area contributed by atoms with E-state index in [-0.39, 0.29) is 36.4 Å². The number of carboxylic acids is 1. The van der Waals surface area contributed by atoms with Crippen LogP contribution in [-0.2, 0) is 20.8 Å². The Morgan fingerprint density at radius 2 is 1.65 bits per heavy atom. The Morgan fingerprint density at radius 3 is 2.12 bits per heavy atom. The molecule has 0 fully saturated rings. The molecule has 1 aromatic carbocycles. The van der Waals surface area contributed by atoms with Crippen LogP contribution in [0, 0.1) is 17.8 Å². The molecule has 0 heterocycles. The molecule has 2 N–H and O–H groups in total. The molecule has 0 spiro atoms. The predicted octanol–water partition coefficient (Wildman–Crippen LogP) is 3.84. The Bertz CT molecular complexity index is 625. The van der Waals surface area contributed by atoms with Gasteiger partial charge in [0.2, 0.25) is 5.91 Å². The molecule has 0 saturated heterocycles. The molecule has 0 radical (unpaired) electrons. The second-order valence-corrected chi connectivity index (χ2v) is 8.36. The van der Waals surface area contributed by atoms with E-state index in [9.17, 15) is 19.5 Å². The Balaban J connectivity index is 2.78. The molecule has 1 rings (SSSR count). The zero-order chi connectivity index (χ0) is 19.9.